The van der Waals surface area contributed by atoms with Crippen LogP contribution in [0.2, 0.25) is 0 Å². The number of aliphatic hydroxyl groups is 1. The van der Waals surface area contributed by atoms with E-state index in [1.807, 2.05) is 0 Å². The topological polar surface area (TPSA) is 80.7 Å². The summed E-state index contributed by atoms with van der Waals surface area (Å²) in [5, 5.41) is 10.9. The van der Waals surface area contributed by atoms with Crippen LogP contribution in [0.5, 0.6) is 0 Å². The number of rotatable bonds is 4. The van der Waals surface area contributed by atoms with Gasteiger partial charge >= 0.3 is 5.97 Å². The maximum Gasteiger partial charge on any atom is 0.330 e. The van der Waals surface area contributed by atoms with Crippen molar-refractivity contribution < 1.29 is 37.4 Å². The Labute approximate surface area is 227 Å². The van der Waals surface area contributed by atoms with Gasteiger partial charge in [0.25, 0.3) is 0 Å². The van der Waals surface area contributed by atoms with E-state index in [2.05, 4.69) is 0 Å². The smallest absolute Gasteiger partial charge is 0.330 e. The molecule has 0 amide bonds. The lowest BCUT2D eigenvalue weighted by atomic mass is 9.44. The first-order valence-corrected chi connectivity index (χ1v) is 15.6. The minimum atomic E-state index is -2.31. The molecular formula is C26H31F3O5S3. The molecule has 0 bridgehead atoms. The lowest BCUT2D eigenvalue weighted by Crippen LogP contribution is -2.70. The minimum absolute atomic E-state index is 0.0180. The van der Waals surface area contributed by atoms with Crippen molar-refractivity contribution >= 4 is 52.2 Å². The molecule has 5 unspecified atom stereocenters. The third kappa shape index (κ3) is 3.62. The summed E-state index contributed by atoms with van der Waals surface area (Å²) in [5.41, 5.74) is -6.89. The molecule has 5 aliphatic rings. The van der Waals surface area contributed by atoms with Gasteiger partial charge in [-0.15, -0.1) is 23.5 Å². The van der Waals surface area contributed by atoms with E-state index in [1.54, 1.807) is 13.8 Å². The highest BCUT2D eigenvalue weighted by Gasteiger charge is 2.78. The number of alkyl halides is 3. The fourth-order valence-corrected chi connectivity index (χ4v) is 11.4. The number of esters is 1. The Morgan fingerprint density at radius 3 is 2.54 bits per heavy atom. The second kappa shape index (κ2) is 9.34. The normalized spacial score (nSPS) is 47.2. The van der Waals surface area contributed by atoms with Gasteiger partial charge in [0.1, 0.15) is 16.8 Å². The monoisotopic (exact) mass is 576 g/mol. The summed E-state index contributed by atoms with van der Waals surface area (Å²) in [7, 11) is 0. The van der Waals surface area contributed by atoms with Crippen molar-refractivity contribution in [2.75, 3.05) is 17.5 Å². The predicted octanol–water partition coefficient (Wildman–Crippen LogP) is 4.83. The molecular weight excluding hydrogens is 545 g/mol. The van der Waals surface area contributed by atoms with Crippen molar-refractivity contribution in [2.45, 2.75) is 68.2 Å². The van der Waals surface area contributed by atoms with Gasteiger partial charge in [-0.25, -0.2) is 18.0 Å². The van der Waals surface area contributed by atoms with Crippen molar-refractivity contribution in [1.29, 1.82) is 0 Å². The maximum atomic E-state index is 17.4. The van der Waals surface area contributed by atoms with E-state index in [0.717, 1.165) is 17.6 Å². The van der Waals surface area contributed by atoms with Crippen molar-refractivity contribution in [3.63, 3.8) is 0 Å². The molecule has 1 aliphatic heterocycles. The average Bonchev–Trinajstić information content (AvgIpc) is 3.45. The van der Waals surface area contributed by atoms with Crippen molar-refractivity contribution in [2.24, 2.45) is 28.6 Å². The number of thioether (sulfide) groups is 3. The number of aliphatic hydroxyl groups excluding tert-OH is 1. The van der Waals surface area contributed by atoms with E-state index in [9.17, 15) is 23.9 Å². The summed E-state index contributed by atoms with van der Waals surface area (Å²) >= 11 is 3.24. The summed E-state index contributed by atoms with van der Waals surface area (Å²) in [4.78, 5) is 38.9. The number of fused-ring (bicyclic) bond motifs is 5. The van der Waals surface area contributed by atoms with Crippen molar-refractivity contribution in [1.82, 2.24) is 0 Å². The van der Waals surface area contributed by atoms with Crippen molar-refractivity contribution in [3.05, 3.63) is 23.8 Å². The number of hydrogen-bond acceptors (Lipinski definition) is 8. The highest BCUT2D eigenvalue weighted by molar-refractivity contribution is 8.21. The standard InChI is InChI=1S/C26H31F3O5S3/c1-13-8-15-16-10-18(28)17-9-14(30)4-5-23(17,2)25(16,29)19(31)11-24(15,3)26(13,22(33)37-12-27)34-20(32)21-35-6-7-36-21/h4-5,9,13,15-16,18-19,21,31H,6-8,10-12H2,1-3H3/t13?,15-,16-,18?,19?,23-,24-,25?,26?/m0/s1. The Bertz CT molecular complexity index is 1080. The molecule has 1 heterocycles. The minimum Gasteiger partial charge on any atom is -0.448 e. The van der Waals surface area contributed by atoms with Crippen LogP contribution < -0.4 is 0 Å². The van der Waals surface area contributed by atoms with E-state index in [0.29, 0.717) is 11.8 Å². The van der Waals surface area contributed by atoms with Gasteiger partial charge in [0, 0.05) is 34.2 Å². The molecule has 1 saturated heterocycles. The van der Waals surface area contributed by atoms with Gasteiger partial charge in [-0.2, -0.15) is 0 Å². The largest absolute Gasteiger partial charge is 0.448 e. The molecule has 204 valence electrons. The predicted molar refractivity (Wildman–Crippen MR) is 139 cm³/mol. The van der Waals surface area contributed by atoms with Crippen LogP contribution >= 0.6 is 35.3 Å². The fraction of sp³-hybridized carbons (Fsp3) is 0.731. The fourth-order valence-electron chi connectivity index (χ4n) is 8.08. The zero-order valence-electron chi connectivity index (χ0n) is 20.9. The number of carbonyl (C=O) groups excluding carboxylic acids is 3. The van der Waals surface area contributed by atoms with Gasteiger partial charge in [-0.1, -0.05) is 19.9 Å². The van der Waals surface area contributed by atoms with Gasteiger partial charge < -0.3 is 9.84 Å². The summed E-state index contributed by atoms with van der Waals surface area (Å²) in [6.45, 7) is 4.94. The van der Waals surface area contributed by atoms with Crippen LogP contribution in [0.25, 0.3) is 0 Å². The van der Waals surface area contributed by atoms with Crippen LogP contribution in [0.1, 0.15) is 40.0 Å². The molecule has 3 saturated carbocycles. The maximum absolute atomic E-state index is 17.4. The Kier molecular flexibility index (Phi) is 6.98. The van der Waals surface area contributed by atoms with Gasteiger partial charge in [0.2, 0.25) is 5.12 Å². The third-order valence-electron chi connectivity index (χ3n) is 9.73. The molecule has 0 aromatic heterocycles. The van der Waals surface area contributed by atoms with E-state index in [4.69, 9.17) is 4.74 Å². The number of halogens is 3. The number of ketones is 1. The third-order valence-corrected chi connectivity index (χ3v) is 13.4. The zero-order valence-corrected chi connectivity index (χ0v) is 23.3. The Morgan fingerprint density at radius 2 is 1.89 bits per heavy atom. The van der Waals surface area contributed by atoms with Crippen LogP contribution in [0, 0.1) is 28.6 Å². The van der Waals surface area contributed by atoms with Crippen LogP contribution in [0.4, 0.5) is 13.2 Å². The quantitative estimate of drug-likeness (QED) is 0.477. The molecule has 9 atom stereocenters. The number of ether oxygens (including phenoxy) is 1. The molecule has 0 spiro atoms. The lowest BCUT2D eigenvalue weighted by molar-refractivity contribution is -0.228. The Balaban J connectivity index is 1.61. The summed E-state index contributed by atoms with van der Waals surface area (Å²) < 4.78 is 52.1. The van der Waals surface area contributed by atoms with Gasteiger partial charge in [0.15, 0.2) is 17.1 Å². The van der Waals surface area contributed by atoms with E-state index in [1.165, 1.54) is 42.6 Å². The first kappa shape index (κ1) is 27.6. The number of hydrogen-bond donors (Lipinski definition) is 1. The highest BCUT2D eigenvalue weighted by atomic mass is 32.2. The average molecular weight is 577 g/mol. The SMILES string of the molecule is CC1C[C@H]2[C@@H]3CC(F)C4=CC(=O)C=C[C@]4(C)C3(F)C(O)C[C@]2(C)C1(OC(=O)C1SCCS1)C(=O)SCF. The van der Waals surface area contributed by atoms with Crippen LogP contribution in [-0.4, -0.2) is 67.6 Å². The van der Waals surface area contributed by atoms with Gasteiger partial charge in [-0.3, -0.25) is 9.59 Å². The molecule has 4 fully saturated rings. The van der Waals surface area contributed by atoms with Gasteiger partial charge in [0.05, 0.1) is 6.10 Å². The molecule has 11 heteroatoms. The van der Waals surface area contributed by atoms with Crippen LogP contribution in [-0.2, 0) is 19.1 Å². The van der Waals surface area contributed by atoms with Crippen LogP contribution in [0.3, 0.4) is 0 Å². The first-order chi connectivity index (χ1) is 17.4. The Hall–Kier alpha value is -0.910. The first-order valence-electron chi connectivity index (χ1n) is 12.5. The second-order valence-corrected chi connectivity index (χ2v) is 14.9. The van der Waals surface area contributed by atoms with E-state index < -0.39 is 79.6 Å². The molecule has 5 rings (SSSR count). The van der Waals surface area contributed by atoms with Crippen molar-refractivity contribution in [3.8, 4) is 0 Å². The summed E-state index contributed by atoms with van der Waals surface area (Å²) in [6, 6.07) is -1.02. The summed E-state index contributed by atoms with van der Waals surface area (Å²) in [6.07, 6.45) is 0.198. The molecule has 0 aromatic rings. The number of allylic oxidation sites excluding steroid dienone is 4. The zero-order chi connectivity index (χ0) is 27.0. The number of carbonyl (C=O) groups is 3. The molecule has 0 radical (unpaired) electrons. The molecule has 1 N–H and O–H groups in total. The Morgan fingerprint density at radius 1 is 1.22 bits per heavy atom. The molecule has 0 aromatic carbocycles. The molecule has 37 heavy (non-hydrogen) atoms. The van der Waals surface area contributed by atoms with Gasteiger partial charge in [-0.05, 0) is 61.6 Å². The molecule has 4 aliphatic carbocycles. The second-order valence-electron chi connectivity index (χ2n) is 11.3. The highest BCUT2D eigenvalue weighted by Crippen LogP contribution is 2.72. The van der Waals surface area contributed by atoms with Crippen LogP contribution in [0.15, 0.2) is 23.8 Å². The van der Waals surface area contributed by atoms with E-state index in [-0.39, 0.29) is 24.8 Å². The van der Waals surface area contributed by atoms with E-state index >= 15 is 8.78 Å². The summed E-state index contributed by atoms with van der Waals surface area (Å²) in [5.74, 6) is -1.74. The molecule has 5 nitrogen and oxygen atoms in total. The lowest BCUT2D eigenvalue weighted by Gasteiger charge is -2.63.